The quantitative estimate of drug-likeness (QED) is 0.810. The van der Waals surface area contributed by atoms with Crippen molar-refractivity contribution in [3.05, 3.63) is 52.4 Å². The molecule has 0 saturated carbocycles. The standard InChI is InChI=1S/C17H17F2N3O3S/c1-8-14(9(2)25-22-8)13-7-17(3,21-15(26-13)20-16(23)24)11-5-4-10(18)6-12(11)19/h4-6,13H,7H2,1-3H3,(H,20,21)(H,23,24)/t13-,17+/m1/s1. The first-order valence-electron chi connectivity index (χ1n) is 7.84. The van der Waals surface area contributed by atoms with E-state index in [9.17, 15) is 13.6 Å². The van der Waals surface area contributed by atoms with Gasteiger partial charge in [0.2, 0.25) is 0 Å². The van der Waals surface area contributed by atoms with Crippen LogP contribution in [0.4, 0.5) is 13.6 Å². The largest absolute Gasteiger partial charge is 0.465 e. The van der Waals surface area contributed by atoms with E-state index in [2.05, 4.69) is 15.5 Å². The highest BCUT2D eigenvalue weighted by atomic mass is 32.2. The molecule has 0 bridgehead atoms. The van der Waals surface area contributed by atoms with Gasteiger partial charge >= 0.3 is 6.09 Å². The van der Waals surface area contributed by atoms with Crippen molar-refractivity contribution in [2.75, 3.05) is 0 Å². The van der Waals surface area contributed by atoms with Gasteiger partial charge in [0.15, 0.2) is 5.17 Å². The molecule has 1 amide bonds. The van der Waals surface area contributed by atoms with Gasteiger partial charge in [0.25, 0.3) is 0 Å². The Morgan fingerprint density at radius 2 is 2.15 bits per heavy atom. The number of halogens is 2. The molecule has 0 aliphatic carbocycles. The molecule has 6 nitrogen and oxygen atoms in total. The maximum atomic E-state index is 14.4. The van der Waals surface area contributed by atoms with Crippen molar-refractivity contribution in [2.45, 2.75) is 38.0 Å². The van der Waals surface area contributed by atoms with Crippen LogP contribution in [0.1, 0.15) is 41.2 Å². The Morgan fingerprint density at radius 3 is 2.73 bits per heavy atom. The van der Waals surface area contributed by atoms with Gasteiger partial charge in [-0.15, -0.1) is 0 Å². The maximum absolute atomic E-state index is 14.4. The van der Waals surface area contributed by atoms with Gasteiger partial charge in [-0.25, -0.2) is 13.6 Å². The van der Waals surface area contributed by atoms with Gasteiger partial charge in [0.1, 0.15) is 17.4 Å². The third-order valence-corrected chi connectivity index (χ3v) is 5.42. The Bertz CT molecular complexity index is 880. The lowest BCUT2D eigenvalue weighted by Crippen LogP contribution is -2.36. The van der Waals surface area contributed by atoms with Gasteiger partial charge in [-0.1, -0.05) is 23.0 Å². The van der Waals surface area contributed by atoms with Crippen molar-refractivity contribution < 1.29 is 23.2 Å². The number of nitrogens with one attached hydrogen (secondary N) is 1. The number of hydrogen-bond acceptors (Lipinski definition) is 5. The van der Waals surface area contributed by atoms with E-state index in [0.717, 1.165) is 17.7 Å². The molecule has 0 fully saturated rings. The summed E-state index contributed by atoms with van der Waals surface area (Å²) >= 11 is 1.21. The lowest BCUT2D eigenvalue weighted by molar-refractivity contribution is 0.200. The minimum Gasteiger partial charge on any atom is -0.465 e. The van der Waals surface area contributed by atoms with Crippen LogP contribution in [0.15, 0.2) is 27.7 Å². The minimum atomic E-state index is -1.27. The number of aliphatic imine (C=N–C) groups is 1. The molecular weight excluding hydrogens is 364 g/mol. The van der Waals surface area contributed by atoms with Crippen molar-refractivity contribution in [3.63, 3.8) is 0 Å². The highest BCUT2D eigenvalue weighted by molar-refractivity contribution is 8.14. The van der Waals surface area contributed by atoms with Crippen LogP contribution in [0.5, 0.6) is 0 Å². The zero-order chi connectivity index (χ0) is 19.1. The molecule has 1 aromatic heterocycles. The molecule has 1 aromatic carbocycles. The van der Waals surface area contributed by atoms with E-state index in [1.165, 1.54) is 17.8 Å². The first kappa shape index (κ1) is 18.4. The number of hydrogen-bond donors (Lipinski definition) is 2. The van der Waals surface area contributed by atoms with Crippen LogP contribution in [0.2, 0.25) is 0 Å². The summed E-state index contributed by atoms with van der Waals surface area (Å²) in [6, 6.07) is 3.30. The van der Waals surface area contributed by atoms with E-state index in [0.29, 0.717) is 17.9 Å². The van der Waals surface area contributed by atoms with Crippen LogP contribution in [-0.4, -0.2) is 21.5 Å². The molecule has 2 atom stereocenters. The smallest absolute Gasteiger partial charge is 0.410 e. The molecule has 2 N–H and O–H groups in total. The Kier molecular flexibility index (Phi) is 4.74. The number of amidine groups is 1. The van der Waals surface area contributed by atoms with Crippen LogP contribution in [0, 0.1) is 25.5 Å². The summed E-state index contributed by atoms with van der Waals surface area (Å²) < 4.78 is 32.9. The molecule has 0 saturated heterocycles. The van der Waals surface area contributed by atoms with Crippen LogP contribution in [-0.2, 0) is 5.54 Å². The molecule has 26 heavy (non-hydrogen) atoms. The lowest BCUT2D eigenvalue weighted by atomic mass is 9.85. The molecule has 0 radical (unpaired) electrons. The lowest BCUT2D eigenvalue weighted by Gasteiger charge is -2.35. The predicted molar refractivity (Wildman–Crippen MR) is 93.2 cm³/mol. The van der Waals surface area contributed by atoms with Gasteiger partial charge in [-0.05, 0) is 33.3 Å². The normalized spacial score (nSPS) is 22.8. The molecule has 1 aliphatic heterocycles. The monoisotopic (exact) mass is 381 g/mol. The second kappa shape index (κ2) is 6.71. The van der Waals surface area contributed by atoms with Crippen molar-refractivity contribution in [1.29, 1.82) is 0 Å². The number of aryl methyl sites for hydroxylation is 2. The summed E-state index contributed by atoms with van der Waals surface area (Å²) in [5.74, 6) is -0.802. The fourth-order valence-corrected chi connectivity index (χ4v) is 4.72. The van der Waals surface area contributed by atoms with Gasteiger partial charge in [0.05, 0.1) is 11.2 Å². The summed E-state index contributed by atoms with van der Waals surface area (Å²) in [5.41, 5.74) is 0.615. The third-order valence-electron chi connectivity index (χ3n) is 4.32. The number of nitrogens with zero attached hydrogens (tertiary/aromatic N) is 2. The van der Waals surface area contributed by atoms with E-state index in [1.807, 2.05) is 0 Å². The highest BCUT2D eigenvalue weighted by Crippen LogP contribution is 2.48. The fraction of sp³-hybridized carbons (Fsp3) is 0.353. The van der Waals surface area contributed by atoms with Crippen molar-refractivity contribution >= 4 is 23.0 Å². The average molecular weight is 381 g/mol. The highest BCUT2D eigenvalue weighted by Gasteiger charge is 2.40. The van der Waals surface area contributed by atoms with Gasteiger partial charge in [0, 0.05) is 22.4 Å². The summed E-state index contributed by atoms with van der Waals surface area (Å²) in [7, 11) is 0. The molecule has 1 aliphatic rings. The van der Waals surface area contributed by atoms with E-state index in [-0.39, 0.29) is 16.0 Å². The predicted octanol–water partition coefficient (Wildman–Crippen LogP) is 4.29. The first-order chi connectivity index (χ1) is 12.2. The number of aromatic nitrogens is 1. The van der Waals surface area contributed by atoms with E-state index >= 15 is 0 Å². The molecule has 0 spiro atoms. The third kappa shape index (κ3) is 3.44. The van der Waals surface area contributed by atoms with E-state index < -0.39 is 23.3 Å². The number of thioether (sulfide) groups is 1. The van der Waals surface area contributed by atoms with Crippen LogP contribution in [0.25, 0.3) is 0 Å². The Labute approximate surface area is 152 Å². The van der Waals surface area contributed by atoms with Crippen LogP contribution in [0.3, 0.4) is 0 Å². The van der Waals surface area contributed by atoms with Crippen molar-refractivity contribution in [3.8, 4) is 0 Å². The SMILES string of the molecule is Cc1noc(C)c1[C@H]1C[C@@](C)(c2ccc(F)cc2F)N=C(NC(=O)O)S1. The summed E-state index contributed by atoms with van der Waals surface area (Å²) in [6.07, 6.45) is -0.897. The summed E-state index contributed by atoms with van der Waals surface area (Å²) in [4.78, 5) is 15.5. The fourth-order valence-electron chi connectivity index (χ4n) is 3.19. The van der Waals surface area contributed by atoms with Crippen molar-refractivity contribution in [1.82, 2.24) is 10.5 Å². The second-order valence-corrected chi connectivity index (χ2v) is 7.49. The zero-order valence-corrected chi connectivity index (χ0v) is 15.2. The minimum absolute atomic E-state index is 0.139. The van der Waals surface area contributed by atoms with E-state index in [4.69, 9.17) is 9.63 Å². The number of amides is 1. The molecule has 0 unspecified atom stereocenters. The van der Waals surface area contributed by atoms with Gasteiger partial charge in [-0.3, -0.25) is 10.3 Å². The number of carboxylic acid groups (broad SMARTS) is 1. The van der Waals surface area contributed by atoms with Crippen molar-refractivity contribution in [2.24, 2.45) is 4.99 Å². The number of benzene rings is 1. The molecular formula is C17H17F2N3O3S. The average Bonchev–Trinajstić information content (AvgIpc) is 2.84. The molecule has 2 heterocycles. The zero-order valence-electron chi connectivity index (χ0n) is 14.3. The second-order valence-electron chi connectivity index (χ2n) is 6.29. The number of carbonyl (C=O) groups is 1. The summed E-state index contributed by atoms with van der Waals surface area (Å²) in [6.45, 7) is 5.25. The molecule has 9 heteroatoms. The van der Waals surface area contributed by atoms with Gasteiger partial charge < -0.3 is 9.63 Å². The van der Waals surface area contributed by atoms with Crippen LogP contribution >= 0.6 is 11.8 Å². The van der Waals surface area contributed by atoms with Gasteiger partial charge in [-0.2, -0.15) is 0 Å². The summed E-state index contributed by atoms with van der Waals surface area (Å²) in [5, 5.41) is 15.1. The Hall–Kier alpha value is -2.42. The molecule has 2 aromatic rings. The van der Waals surface area contributed by atoms with Crippen LogP contribution < -0.4 is 5.32 Å². The first-order valence-corrected chi connectivity index (χ1v) is 8.72. The molecule has 138 valence electrons. The Morgan fingerprint density at radius 1 is 1.42 bits per heavy atom. The topological polar surface area (TPSA) is 87.7 Å². The molecule has 3 rings (SSSR count). The number of rotatable bonds is 2. The maximum Gasteiger partial charge on any atom is 0.410 e. The Balaban J connectivity index is 2.09. The van der Waals surface area contributed by atoms with E-state index in [1.54, 1.807) is 20.8 Å².